The van der Waals surface area contributed by atoms with E-state index < -0.39 is 12.4 Å². The number of nitrogen functional groups attached to an aromatic ring is 1. The number of halogens is 4. The minimum Gasteiger partial charge on any atom is -0.433 e. The van der Waals surface area contributed by atoms with Crippen LogP contribution in [0.15, 0.2) is 36.4 Å². The molecule has 3 nitrogen and oxygen atoms in total. The third-order valence-electron chi connectivity index (χ3n) is 2.46. The highest BCUT2D eigenvalue weighted by Gasteiger charge is 2.11. The van der Waals surface area contributed by atoms with Crippen molar-refractivity contribution in [2.45, 2.75) is 6.61 Å². The van der Waals surface area contributed by atoms with Crippen molar-refractivity contribution in [3.05, 3.63) is 47.2 Å². The number of nitrogens with two attached hydrogens (primary N) is 1. The van der Waals surface area contributed by atoms with Gasteiger partial charge in [0.05, 0.1) is 22.1 Å². The molecule has 0 radical (unpaired) electrons. The van der Waals surface area contributed by atoms with E-state index in [1.54, 1.807) is 12.1 Å². The first-order valence-electron chi connectivity index (χ1n) is 5.52. The van der Waals surface area contributed by atoms with Crippen molar-refractivity contribution in [1.29, 1.82) is 0 Å². The van der Waals surface area contributed by atoms with E-state index in [0.717, 1.165) is 6.07 Å². The average Bonchev–Trinajstić information content (AvgIpc) is 2.37. The molecule has 0 aliphatic heterocycles. The number of para-hydroxylation sites is 2. The molecule has 2 aromatic carbocycles. The van der Waals surface area contributed by atoms with Crippen LogP contribution in [0.2, 0.25) is 5.02 Å². The Balaban J connectivity index is 2.33. The molecule has 7 heteroatoms. The van der Waals surface area contributed by atoms with Gasteiger partial charge in [0.1, 0.15) is 11.6 Å². The van der Waals surface area contributed by atoms with Gasteiger partial charge < -0.3 is 15.8 Å². The number of rotatable bonds is 4. The molecule has 3 N–H and O–H groups in total. The lowest BCUT2D eigenvalue weighted by molar-refractivity contribution is -0.0493. The van der Waals surface area contributed by atoms with Gasteiger partial charge >= 0.3 is 6.61 Å². The summed E-state index contributed by atoms with van der Waals surface area (Å²) in [5.41, 5.74) is 6.29. The van der Waals surface area contributed by atoms with E-state index in [0.29, 0.717) is 5.69 Å². The molecule has 0 bridgehead atoms. The first-order valence-corrected chi connectivity index (χ1v) is 5.90. The van der Waals surface area contributed by atoms with Gasteiger partial charge in [-0.3, -0.25) is 0 Å². The average molecular weight is 303 g/mol. The Bertz CT molecular complexity index is 623. The van der Waals surface area contributed by atoms with Crippen molar-refractivity contribution in [2.75, 3.05) is 11.1 Å². The second-order valence-electron chi connectivity index (χ2n) is 3.85. The van der Waals surface area contributed by atoms with Crippen molar-refractivity contribution in [1.82, 2.24) is 0 Å². The van der Waals surface area contributed by atoms with Crippen LogP contribution in [0.3, 0.4) is 0 Å². The van der Waals surface area contributed by atoms with Crippen LogP contribution in [0.5, 0.6) is 5.75 Å². The van der Waals surface area contributed by atoms with Crippen molar-refractivity contribution < 1.29 is 17.9 Å². The number of hydrogen-bond donors (Lipinski definition) is 2. The third-order valence-corrected chi connectivity index (χ3v) is 2.75. The molecular weight excluding hydrogens is 293 g/mol. The summed E-state index contributed by atoms with van der Waals surface area (Å²) in [5, 5.41) is 2.65. The Morgan fingerprint density at radius 3 is 2.55 bits per heavy atom. The van der Waals surface area contributed by atoms with Crippen molar-refractivity contribution in [3.8, 4) is 5.75 Å². The van der Waals surface area contributed by atoms with Gasteiger partial charge in [0.25, 0.3) is 0 Å². The fourth-order valence-corrected chi connectivity index (χ4v) is 1.75. The monoisotopic (exact) mass is 302 g/mol. The summed E-state index contributed by atoms with van der Waals surface area (Å²) < 4.78 is 42.1. The lowest BCUT2D eigenvalue weighted by atomic mass is 10.2. The van der Waals surface area contributed by atoms with Crippen LogP contribution in [-0.2, 0) is 0 Å². The van der Waals surface area contributed by atoms with E-state index in [2.05, 4.69) is 10.1 Å². The Hall–Kier alpha value is -2.08. The summed E-state index contributed by atoms with van der Waals surface area (Å²) in [4.78, 5) is 0. The molecule has 0 atom stereocenters. The molecule has 0 heterocycles. The van der Waals surface area contributed by atoms with Crippen LogP contribution >= 0.6 is 11.6 Å². The number of benzene rings is 2. The summed E-state index contributed by atoms with van der Waals surface area (Å²) in [6, 6.07) is 8.38. The predicted molar refractivity (Wildman–Crippen MR) is 72.2 cm³/mol. The molecule has 0 spiro atoms. The molecule has 0 amide bonds. The smallest absolute Gasteiger partial charge is 0.387 e. The number of anilines is 3. The van der Waals surface area contributed by atoms with Gasteiger partial charge in [0.15, 0.2) is 0 Å². The molecular formula is C13H10ClF3N2O. The standard InChI is InChI=1S/C13H10ClF3N2O/c14-7-5-11(9(18)6-8(7)15)19-10-3-1-2-4-12(10)20-13(16)17/h1-6,13,19H,18H2. The Kier molecular flexibility index (Phi) is 4.24. The van der Waals surface area contributed by atoms with Gasteiger partial charge in [-0.25, -0.2) is 4.39 Å². The molecule has 106 valence electrons. The summed E-state index contributed by atoms with van der Waals surface area (Å²) in [6.45, 7) is -2.95. The normalized spacial score (nSPS) is 10.7. The van der Waals surface area contributed by atoms with Gasteiger partial charge in [0, 0.05) is 6.07 Å². The SMILES string of the molecule is Nc1cc(F)c(Cl)cc1Nc1ccccc1OC(F)F. The zero-order valence-corrected chi connectivity index (χ0v) is 10.8. The lowest BCUT2D eigenvalue weighted by Crippen LogP contribution is -2.05. The molecule has 0 aromatic heterocycles. The molecule has 0 unspecified atom stereocenters. The predicted octanol–water partition coefficient (Wildman–Crippen LogP) is 4.41. The highest BCUT2D eigenvalue weighted by atomic mass is 35.5. The molecule has 0 aliphatic rings. The number of hydrogen-bond acceptors (Lipinski definition) is 3. The topological polar surface area (TPSA) is 47.3 Å². The second kappa shape index (κ2) is 5.92. The van der Waals surface area contributed by atoms with E-state index in [1.165, 1.54) is 18.2 Å². The first kappa shape index (κ1) is 14.3. The number of nitrogens with one attached hydrogen (secondary N) is 1. The van der Waals surface area contributed by atoms with E-state index >= 15 is 0 Å². The van der Waals surface area contributed by atoms with Crippen molar-refractivity contribution >= 4 is 28.7 Å². The zero-order chi connectivity index (χ0) is 14.7. The highest BCUT2D eigenvalue weighted by molar-refractivity contribution is 6.31. The number of alkyl halides is 2. The summed E-state index contributed by atoms with van der Waals surface area (Å²) in [6.07, 6.45) is 0. The second-order valence-corrected chi connectivity index (χ2v) is 4.26. The molecule has 0 aliphatic carbocycles. The molecule has 20 heavy (non-hydrogen) atoms. The summed E-state index contributed by atoms with van der Waals surface area (Å²) in [5.74, 6) is -0.714. The van der Waals surface area contributed by atoms with E-state index in [1.807, 2.05) is 0 Å². The van der Waals surface area contributed by atoms with Gasteiger partial charge in [-0.1, -0.05) is 23.7 Å². The minimum absolute atomic E-state index is 0.0534. The van der Waals surface area contributed by atoms with Crippen LogP contribution in [0, 0.1) is 5.82 Å². The van der Waals surface area contributed by atoms with E-state index in [9.17, 15) is 13.2 Å². The maximum atomic E-state index is 13.2. The maximum absolute atomic E-state index is 13.2. The Morgan fingerprint density at radius 1 is 1.15 bits per heavy atom. The van der Waals surface area contributed by atoms with Crippen LogP contribution < -0.4 is 15.8 Å². The number of ether oxygens (including phenoxy) is 1. The van der Waals surface area contributed by atoms with Gasteiger partial charge in [-0.15, -0.1) is 0 Å². The lowest BCUT2D eigenvalue weighted by Gasteiger charge is -2.14. The quantitative estimate of drug-likeness (QED) is 0.823. The van der Waals surface area contributed by atoms with E-state index in [4.69, 9.17) is 17.3 Å². The van der Waals surface area contributed by atoms with Gasteiger partial charge in [0.2, 0.25) is 0 Å². The summed E-state index contributed by atoms with van der Waals surface area (Å²) >= 11 is 5.65. The fraction of sp³-hybridized carbons (Fsp3) is 0.0769. The summed E-state index contributed by atoms with van der Waals surface area (Å²) in [7, 11) is 0. The minimum atomic E-state index is -2.95. The van der Waals surface area contributed by atoms with Gasteiger partial charge in [-0.2, -0.15) is 8.78 Å². The molecule has 2 rings (SSSR count). The van der Waals surface area contributed by atoms with Crippen LogP contribution in [0.4, 0.5) is 30.2 Å². The first-order chi connectivity index (χ1) is 9.47. The molecule has 0 saturated heterocycles. The van der Waals surface area contributed by atoms with Crippen molar-refractivity contribution in [3.63, 3.8) is 0 Å². The van der Waals surface area contributed by atoms with Crippen LogP contribution in [-0.4, -0.2) is 6.61 Å². The Morgan fingerprint density at radius 2 is 1.85 bits per heavy atom. The van der Waals surface area contributed by atoms with Gasteiger partial charge in [-0.05, 0) is 18.2 Å². The molecule has 0 saturated carbocycles. The fourth-order valence-electron chi connectivity index (χ4n) is 1.58. The zero-order valence-electron chi connectivity index (χ0n) is 10.0. The molecule has 0 fully saturated rings. The Labute approximate surface area is 118 Å². The van der Waals surface area contributed by atoms with Crippen LogP contribution in [0.1, 0.15) is 0 Å². The molecule has 2 aromatic rings. The third kappa shape index (κ3) is 3.27. The largest absolute Gasteiger partial charge is 0.433 e. The van der Waals surface area contributed by atoms with Crippen molar-refractivity contribution in [2.24, 2.45) is 0 Å². The van der Waals surface area contributed by atoms with Crippen LogP contribution in [0.25, 0.3) is 0 Å². The maximum Gasteiger partial charge on any atom is 0.387 e. The van der Waals surface area contributed by atoms with E-state index in [-0.39, 0.29) is 22.1 Å². The highest BCUT2D eigenvalue weighted by Crippen LogP contribution is 2.33.